The number of alkyl halides is 24. The van der Waals surface area contributed by atoms with Crippen LogP contribution in [-0.4, -0.2) is 22.7 Å². The van der Waals surface area contributed by atoms with Crippen LogP contribution in [0, 0.1) is 5.92 Å². The van der Waals surface area contributed by atoms with Crippen LogP contribution in [0.5, 0.6) is 0 Å². The lowest BCUT2D eigenvalue weighted by atomic mass is 9.12. The number of hydrogen-bond donors (Lipinski definition) is 0. The van der Waals surface area contributed by atoms with Crippen LogP contribution in [0.3, 0.4) is 0 Å². The average Bonchev–Trinajstić information content (AvgIpc) is 3.49. The van der Waals surface area contributed by atoms with Crippen LogP contribution in [0.2, 0.25) is 0 Å². The van der Waals surface area contributed by atoms with Crippen molar-refractivity contribution in [1.82, 2.24) is 4.98 Å². The van der Waals surface area contributed by atoms with Gasteiger partial charge in [-0.3, -0.25) is 9.59 Å². The molecule has 5 aromatic carbocycles. The lowest BCUT2D eigenvalue weighted by molar-refractivity contribution is -0.683. The van der Waals surface area contributed by atoms with E-state index in [1.165, 1.54) is 6.42 Å². The highest BCUT2D eigenvalue weighted by Crippen LogP contribution is 2.41. The quantitative estimate of drug-likeness (QED) is 0.0627. The molecule has 0 N–H and O–H groups in total. The van der Waals surface area contributed by atoms with Crippen LogP contribution in [0.15, 0.2) is 122 Å². The summed E-state index contributed by atoms with van der Waals surface area (Å²) in [5, 5.41) is 0. The summed E-state index contributed by atoms with van der Waals surface area (Å²) in [6.45, 7) is 0.220. The molecule has 0 spiro atoms. The Morgan fingerprint density at radius 3 is 0.988 bits per heavy atom. The van der Waals surface area contributed by atoms with Gasteiger partial charge in [0.15, 0.2) is 23.9 Å². The third-order valence-electron chi connectivity index (χ3n) is 12.9. The van der Waals surface area contributed by atoms with E-state index in [9.17, 15) is 115 Å². The van der Waals surface area contributed by atoms with Crippen molar-refractivity contribution in [2.45, 2.75) is 88.1 Å². The first kappa shape index (κ1) is 62.1. The van der Waals surface area contributed by atoms with Gasteiger partial charge in [-0.25, -0.2) is 4.98 Å². The van der Waals surface area contributed by atoms with Gasteiger partial charge in [0, 0.05) is 11.5 Å². The van der Waals surface area contributed by atoms with Crippen LogP contribution in [0.4, 0.5) is 105 Å². The van der Waals surface area contributed by atoms with E-state index >= 15 is 0 Å². The Morgan fingerprint density at radius 1 is 0.425 bits per heavy atom. The summed E-state index contributed by atoms with van der Waals surface area (Å²) in [7, 11) is 0. The van der Waals surface area contributed by atoms with Crippen LogP contribution in [-0.2, 0) is 56.0 Å². The summed E-state index contributed by atoms with van der Waals surface area (Å²) < 4.78 is 343. The fourth-order valence-electron chi connectivity index (χ4n) is 9.18. The van der Waals surface area contributed by atoms with Gasteiger partial charge in [0.2, 0.25) is 12.3 Å². The van der Waals surface area contributed by atoms with E-state index in [4.69, 9.17) is 0 Å². The molecule has 0 bridgehead atoms. The van der Waals surface area contributed by atoms with Gasteiger partial charge in [-0.1, -0.05) is 98.1 Å². The highest BCUT2D eigenvalue weighted by Gasteiger charge is 2.47. The first-order valence-corrected chi connectivity index (χ1v) is 22.8. The number of carbonyl (C=O) groups is 2. The van der Waals surface area contributed by atoms with E-state index in [2.05, 4.69) is 4.98 Å². The van der Waals surface area contributed by atoms with Gasteiger partial charge >= 0.3 is 49.4 Å². The summed E-state index contributed by atoms with van der Waals surface area (Å²) >= 11 is 0. The van der Waals surface area contributed by atoms with Gasteiger partial charge < -0.3 is 0 Å². The molecule has 1 aliphatic rings. The Bertz CT molecular complexity index is 2780. The first-order valence-electron chi connectivity index (χ1n) is 22.8. The third-order valence-corrected chi connectivity index (χ3v) is 12.9. The molecule has 0 aliphatic heterocycles. The van der Waals surface area contributed by atoms with Gasteiger partial charge in [-0.05, 0) is 37.1 Å². The molecule has 0 atom stereocenters. The molecule has 4 nitrogen and oxygen atoms in total. The molecule has 0 radical (unpaired) electrons. The van der Waals surface area contributed by atoms with Crippen molar-refractivity contribution in [1.29, 1.82) is 0 Å². The Kier molecular flexibility index (Phi) is 17.2. The first-order chi connectivity index (χ1) is 36.5. The maximum Gasteiger partial charge on any atom is 0.416 e. The molecule has 29 heteroatoms. The van der Waals surface area contributed by atoms with Crippen LogP contribution in [0.25, 0.3) is 0 Å². The second kappa shape index (κ2) is 22.1. The number of ketones is 2. The van der Waals surface area contributed by atoms with Gasteiger partial charge in [-0.15, -0.1) is 0 Å². The Labute approximate surface area is 435 Å². The minimum atomic E-state index is -6.13. The Morgan fingerprint density at radius 2 is 0.713 bits per heavy atom. The zero-order valence-corrected chi connectivity index (χ0v) is 39.7. The Balaban J connectivity index is 0.000000370. The predicted molar refractivity (Wildman–Crippen MR) is 236 cm³/mol. The average molecular weight is 1170 g/mol. The van der Waals surface area contributed by atoms with Crippen LogP contribution < -0.4 is 26.4 Å². The van der Waals surface area contributed by atoms with E-state index in [1.54, 1.807) is 35.3 Å². The SMILES string of the molecule is FC(F)(F)c1cc([B-](c2cc(C(F)(F)F)cc(C(F)(F)F)c2)(c2cc(C(F)(F)F)cc(C(F)(F)F)c2)c2cc(C(F)(F)F)cc(C(F)(F)F)c2)cc(C(F)(F)F)c1.O=C(C[n+]1ccnc(C(=O)C2CCCCC2)c1)c1ccccc1. The Hall–Kier alpha value is -7.10. The normalized spacial score (nSPS) is 14.6. The van der Waals surface area contributed by atoms with E-state index in [0.29, 0.717) is 11.3 Å². The minimum Gasteiger partial charge on any atom is -0.292 e. The molecule has 0 saturated heterocycles. The van der Waals surface area contributed by atoms with Gasteiger partial charge in [0.1, 0.15) is 6.15 Å². The van der Waals surface area contributed by atoms with E-state index in [0.717, 1.165) is 25.7 Å². The number of rotatable bonds is 9. The molecule has 1 aliphatic carbocycles. The number of Topliss-reactive ketones (excluding diaryl/α,β-unsaturated/α-hetero) is 2. The highest BCUT2D eigenvalue weighted by molar-refractivity contribution is 7.20. The summed E-state index contributed by atoms with van der Waals surface area (Å²) in [6, 6.07) is 0.383. The fourth-order valence-corrected chi connectivity index (χ4v) is 9.18. The molecule has 1 heterocycles. The molecule has 1 fully saturated rings. The van der Waals surface area contributed by atoms with Crippen molar-refractivity contribution in [3.8, 4) is 0 Å². The van der Waals surface area contributed by atoms with Crippen LogP contribution in [0.1, 0.15) is 97.5 Å². The van der Waals surface area contributed by atoms with Gasteiger partial charge in [0.25, 0.3) is 0 Å². The zero-order valence-electron chi connectivity index (χ0n) is 39.7. The highest BCUT2D eigenvalue weighted by atomic mass is 19.4. The van der Waals surface area contributed by atoms with Crippen molar-refractivity contribution in [3.63, 3.8) is 0 Å². The number of nitrogens with zero attached hydrogens (tertiary/aromatic N) is 2. The predicted octanol–water partition coefficient (Wildman–Crippen LogP) is 14.2. The lowest BCUT2D eigenvalue weighted by Gasteiger charge is -2.46. The lowest BCUT2D eigenvalue weighted by Crippen LogP contribution is -2.75. The van der Waals surface area contributed by atoms with Crippen molar-refractivity contribution in [2.75, 3.05) is 0 Å². The standard InChI is InChI=1S/C32H12BF24.C19H21N2O2/c34-25(35,36)13-1-14(26(37,38)39)6-21(5-13)33(22-7-15(27(40,41)42)2-16(8-22)28(43,44)45,23-9-17(29(46,47)48)3-18(10-23)30(49,50)51)24-11-19(31(52,53)54)4-20(12-24)32(55,56)57;22-18(15-7-3-1-4-8-15)14-21-12-11-20-17(13-21)19(23)16-9-5-2-6-10-16/h1-12H;1,3-4,7-8,11-13,16H,2,5-6,9-10,14H2/q-1;+1. The second-order valence-corrected chi connectivity index (χ2v) is 18.3. The number of benzene rings is 5. The maximum atomic E-state index is 14.2. The minimum absolute atomic E-state index is 0.0258. The molecular formula is C51H33BF24N2O2. The second-order valence-electron chi connectivity index (χ2n) is 18.3. The van der Waals surface area contributed by atoms with Crippen LogP contribution >= 0.6 is 0 Å². The number of hydrogen-bond acceptors (Lipinski definition) is 3. The number of halogens is 24. The molecule has 6 aromatic rings. The largest absolute Gasteiger partial charge is 0.416 e. The van der Waals surface area contributed by atoms with E-state index < -0.39 is 195 Å². The van der Waals surface area contributed by atoms with Crippen molar-refractivity contribution in [2.24, 2.45) is 5.92 Å². The van der Waals surface area contributed by atoms with E-state index in [-0.39, 0.29) is 24.0 Å². The molecular weight excluding hydrogens is 1140 g/mol. The van der Waals surface area contributed by atoms with Gasteiger partial charge in [-0.2, -0.15) is 132 Å². The molecule has 80 heavy (non-hydrogen) atoms. The topological polar surface area (TPSA) is 50.9 Å². The monoisotopic (exact) mass is 1170 g/mol. The summed E-state index contributed by atoms with van der Waals surface area (Å²) in [6.07, 6.45) is -44.4. The molecule has 1 aromatic heterocycles. The molecule has 0 unspecified atom stereocenters. The smallest absolute Gasteiger partial charge is 0.292 e. The molecule has 1 saturated carbocycles. The number of carbonyl (C=O) groups excluding carboxylic acids is 2. The summed E-state index contributed by atoms with van der Waals surface area (Å²) in [4.78, 5) is 29.0. The van der Waals surface area contributed by atoms with Crippen molar-refractivity contribution >= 4 is 39.6 Å². The van der Waals surface area contributed by atoms with Gasteiger partial charge in [0.05, 0.1) is 50.7 Å². The zero-order chi connectivity index (χ0) is 60.0. The molecule has 430 valence electrons. The molecule has 7 rings (SSSR count). The van der Waals surface area contributed by atoms with Crippen molar-refractivity contribution < 1.29 is 120 Å². The summed E-state index contributed by atoms with van der Waals surface area (Å²) in [5.41, 5.74) is -29.1. The maximum absolute atomic E-state index is 14.2. The molecule has 0 amide bonds. The fraction of sp³-hybridized carbons (Fsp3) is 0.294. The van der Waals surface area contributed by atoms with E-state index in [1.807, 2.05) is 18.2 Å². The number of aromatic nitrogens is 2. The third kappa shape index (κ3) is 14.4. The summed E-state index contributed by atoms with van der Waals surface area (Å²) in [5.74, 6) is 0.237. The van der Waals surface area contributed by atoms with Crippen molar-refractivity contribution in [3.05, 3.63) is 177 Å².